The third-order valence-electron chi connectivity index (χ3n) is 3.54. The Bertz CT molecular complexity index is 941. The van der Waals surface area contributed by atoms with E-state index in [1.54, 1.807) is 13.2 Å². The number of nitrogens with zero attached hydrogens (tertiary/aromatic N) is 1. The fourth-order valence-electron chi connectivity index (χ4n) is 2.21. The molecule has 0 fully saturated rings. The number of benzene rings is 2. The zero-order chi connectivity index (χ0) is 22.5. The molecular weight excluding hydrogens is 451 g/mol. The van der Waals surface area contributed by atoms with Gasteiger partial charge in [0.2, 0.25) is 11.2 Å². The van der Waals surface area contributed by atoms with Crippen LogP contribution in [0.15, 0.2) is 36.4 Å². The fourth-order valence-corrected chi connectivity index (χ4v) is 2.89. The number of nitro benzene ring substituents is 1. The fraction of sp³-hybridized carbons (Fsp3) is 0.278. The Morgan fingerprint density at radius 3 is 2.47 bits per heavy atom. The van der Waals surface area contributed by atoms with Crippen LogP contribution in [0.4, 0.5) is 18.9 Å². The van der Waals surface area contributed by atoms with Crippen molar-refractivity contribution in [3.05, 3.63) is 57.1 Å². The Morgan fingerprint density at radius 1 is 1.23 bits per heavy atom. The van der Waals surface area contributed by atoms with Crippen LogP contribution in [0, 0.1) is 10.1 Å². The van der Waals surface area contributed by atoms with Crippen molar-refractivity contribution in [2.75, 3.05) is 12.9 Å². The maximum Gasteiger partial charge on any atom is 0.416 e. The summed E-state index contributed by atoms with van der Waals surface area (Å²) in [6.07, 6.45) is -3.02. The van der Waals surface area contributed by atoms with Crippen molar-refractivity contribution < 1.29 is 37.1 Å². The lowest BCUT2D eigenvalue weighted by molar-refractivity contribution is -0.385. The molecule has 0 radical (unpaired) electrons. The van der Waals surface area contributed by atoms with Crippen LogP contribution in [0.2, 0.25) is 5.02 Å². The van der Waals surface area contributed by atoms with Crippen molar-refractivity contribution in [3.63, 3.8) is 0 Å². The van der Waals surface area contributed by atoms with Gasteiger partial charge in [0.25, 0.3) is 0 Å². The molecule has 2 aromatic rings. The highest BCUT2D eigenvalue weighted by Gasteiger charge is 2.31. The number of nitro groups is 1. The van der Waals surface area contributed by atoms with Crippen molar-refractivity contribution in [3.8, 4) is 17.2 Å². The first-order valence-corrected chi connectivity index (χ1v) is 9.92. The normalized spacial score (nSPS) is 12.2. The Hall–Kier alpha value is -2.66. The van der Waals surface area contributed by atoms with Crippen LogP contribution >= 0.6 is 23.4 Å². The predicted molar refractivity (Wildman–Crippen MR) is 104 cm³/mol. The minimum absolute atomic E-state index is 0.000899. The number of ether oxygens (including phenoxy) is 3. The van der Waals surface area contributed by atoms with E-state index in [-0.39, 0.29) is 28.9 Å². The molecule has 0 heterocycles. The Balaban J connectivity index is 2.33. The highest BCUT2D eigenvalue weighted by Crippen LogP contribution is 2.39. The monoisotopic (exact) mass is 465 g/mol. The van der Waals surface area contributed by atoms with E-state index in [0.717, 1.165) is 36.0 Å². The van der Waals surface area contributed by atoms with Gasteiger partial charge in [-0.15, -0.1) is 11.8 Å². The van der Waals surface area contributed by atoms with E-state index in [9.17, 15) is 28.1 Å². The summed E-state index contributed by atoms with van der Waals surface area (Å²) < 4.78 is 54.0. The molecule has 0 N–H and O–H groups in total. The van der Waals surface area contributed by atoms with Gasteiger partial charge in [0.05, 0.1) is 22.1 Å². The van der Waals surface area contributed by atoms with E-state index in [1.807, 2.05) is 0 Å². The number of thioether (sulfide) groups is 1. The van der Waals surface area contributed by atoms with Crippen LogP contribution in [0.1, 0.15) is 12.5 Å². The summed E-state index contributed by atoms with van der Waals surface area (Å²) in [5, 5.41) is 11.0. The maximum absolute atomic E-state index is 12.8. The second kappa shape index (κ2) is 9.90. The third-order valence-corrected chi connectivity index (χ3v) is 4.55. The second-order valence-electron chi connectivity index (χ2n) is 5.57. The first kappa shape index (κ1) is 23.6. The number of hydrogen-bond acceptors (Lipinski definition) is 7. The molecule has 0 spiro atoms. The van der Waals surface area contributed by atoms with Crippen molar-refractivity contribution in [1.29, 1.82) is 0 Å². The van der Waals surface area contributed by atoms with E-state index >= 15 is 0 Å². The van der Waals surface area contributed by atoms with Crippen LogP contribution < -0.4 is 9.47 Å². The van der Waals surface area contributed by atoms with E-state index in [0.29, 0.717) is 6.07 Å². The molecule has 0 bridgehead atoms. The number of rotatable bonds is 8. The number of esters is 1. The maximum atomic E-state index is 12.8. The smallest absolute Gasteiger partial charge is 0.416 e. The molecule has 1 unspecified atom stereocenters. The third kappa shape index (κ3) is 5.92. The molecular formula is C18H15ClF3NO6S. The van der Waals surface area contributed by atoms with Crippen molar-refractivity contribution in [2.45, 2.75) is 18.5 Å². The quantitative estimate of drug-likeness (QED) is 0.214. The zero-order valence-corrected chi connectivity index (χ0v) is 17.1. The summed E-state index contributed by atoms with van der Waals surface area (Å²) in [7, 11) is 0. The second-order valence-corrected chi connectivity index (χ2v) is 6.88. The summed E-state index contributed by atoms with van der Waals surface area (Å²) in [5.41, 5.74) is -2.57. The molecule has 162 valence electrons. The van der Waals surface area contributed by atoms with Crippen LogP contribution in [0.3, 0.4) is 0 Å². The molecule has 0 aliphatic carbocycles. The summed E-state index contributed by atoms with van der Waals surface area (Å²) in [6, 6.07) is 5.94. The Labute approximate surface area is 178 Å². The van der Waals surface area contributed by atoms with Crippen LogP contribution in [-0.2, 0) is 15.7 Å². The average molecular weight is 466 g/mol. The van der Waals surface area contributed by atoms with Gasteiger partial charge in [-0.2, -0.15) is 13.2 Å². The zero-order valence-electron chi connectivity index (χ0n) is 15.6. The van der Waals surface area contributed by atoms with Crippen LogP contribution in [0.5, 0.6) is 17.2 Å². The molecule has 0 aliphatic heterocycles. The number of carbonyl (C=O) groups excluding carboxylic acids is 1. The minimum atomic E-state index is -4.57. The molecule has 0 aromatic heterocycles. The Morgan fingerprint density at radius 2 is 1.93 bits per heavy atom. The molecule has 0 aliphatic rings. The van der Waals surface area contributed by atoms with Gasteiger partial charge in [0, 0.05) is 12.1 Å². The number of alkyl halides is 3. The lowest BCUT2D eigenvalue weighted by atomic mass is 10.2. The number of hydrogen-bond donors (Lipinski definition) is 0. The van der Waals surface area contributed by atoms with Crippen LogP contribution in [-0.4, -0.2) is 29.2 Å². The molecule has 0 amide bonds. The van der Waals surface area contributed by atoms with Gasteiger partial charge in [-0.1, -0.05) is 11.6 Å². The lowest BCUT2D eigenvalue weighted by Crippen LogP contribution is -2.26. The van der Waals surface area contributed by atoms with E-state index in [4.69, 9.17) is 25.8 Å². The first-order valence-electron chi connectivity index (χ1n) is 8.26. The molecule has 1 atom stereocenters. The van der Waals surface area contributed by atoms with Gasteiger partial charge < -0.3 is 14.2 Å². The van der Waals surface area contributed by atoms with Crippen molar-refractivity contribution in [1.82, 2.24) is 0 Å². The van der Waals surface area contributed by atoms with Crippen LogP contribution in [0.25, 0.3) is 0 Å². The molecule has 30 heavy (non-hydrogen) atoms. The van der Waals surface area contributed by atoms with E-state index < -0.39 is 33.8 Å². The molecule has 12 heteroatoms. The highest BCUT2D eigenvalue weighted by atomic mass is 35.5. The van der Waals surface area contributed by atoms with Gasteiger partial charge in [0.15, 0.2) is 0 Å². The SMILES string of the molecule is CCOC(=O)C(Oc1cc(Oc2ccc(C(F)(F)F)cc2Cl)ccc1[N+](=O)[O-])SC. The summed E-state index contributed by atoms with van der Waals surface area (Å²) in [6.45, 7) is 1.69. The largest absolute Gasteiger partial charge is 0.463 e. The predicted octanol–water partition coefficient (Wildman–Crippen LogP) is 5.69. The molecule has 2 rings (SSSR count). The summed E-state index contributed by atoms with van der Waals surface area (Å²) >= 11 is 6.82. The molecule has 7 nitrogen and oxygen atoms in total. The van der Waals surface area contributed by atoms with E-state index in [1.165, 1.54) is 6.07 Å². The van der Waals surface area contributed by atoms with Gasteiger partial charge >= 0.3 is 17.8 Å². The van der Waals surface area contributed by atoms with E-state index in [2.05, 4.69) is 0 Å². The number of halogens is 4. The van der Waals surface area contributed by atoms with Crippen molar-refractivity contribution >= 4 is 35.0 Å². The summed E-state index contributed by atoms with van der Waals surface area (Å²) in [5.74, 6) is -1.11. The summed E-state index contributed by atoms with van der Waals surface area (Å²) in [4.78, 5) is 22.5. The molecule has 2 aromatic carbocycles. The lowest BCUT2D eigenvalue weighted by Gasteiger charge is -2.16. The Kier molecular flexibility index (Phi) is 7.79. The molecule has 0 saturated carbocycles. The topological polar surface area (TPSA) is 87.9 Å². The number of carbonyl (C=O) groups is 1. The average Bonchev–Trinajstić information content (AvgIpc) is 2.66. The molecule has 0 saturated heterocycles. The minimum Gasteiger partial charge on any atom is -0.463 e. The van der Waals surface area contributed by atoms with Gasteiger partial charge in [-0.25, -0.2) is 4.79 Å². The first-order chi connectivity index (χ1) is 14.1. The highest BCUT2D eigenvalue weighted by molar-refractivity contribution is 7.99. The van der Waals surface area contributed by atoms with Crippen molar-refractivity contribution in [2.24, 2.45) is 0 Å². The van der Waals surface area contributed by atoms with Gasteiger partial charge in [-0.3, -0.25) is 10.1 Å². The van der Waals surface area contributed by atoms with Gasteiger partial charge in [-0.05, 0) is 37.4 Å². The standard InChI is InChI=1S/C18H15ClF3NO6S/c1-3-27-16(24)17(30-2)29-15-9-11(5-6-13(15)23(25)26)28-14-7-4-10(8-12(14)19)18(20,21)22/h4-9,17H,3H2,1-2H3. The van der Waals surface area contributed by atoms with Gasteiger partial charge in [0.1, 0.15) is 11.5 Å².